The van der Waals surface area contributed by atoms with Crippen LogP contribution in [0.25, 0.3) is 0 Å². The van der Waals surface area contributed by atoms with Crippen LogP contribution in [0.4, 0.5) is 4.79 Å². The van der Waals surface area contributed by atoms with Crippen LogP contribution in [-0.4, -0.2) is 58.6 Å². The molecule has 1 aliphatic carbocycles. The number of β-amino-alcohol motifs (C(OH)–C–C–N with tert-alkyl or cyclic N) is 1. The second-order valence-corrected chi connectivity index (χ2v) is 6.97. The van der Waals surface area contributed by atoms with E-state index in [2.05, 4.69) is 5.32 Å². The number of benzene rings is 1. The molecule has 3 rings (SSSR count). The molecule has 1 heterocycles. The molecule has 3 amide bonds. The molecule has 2 N–H and O–H groups in total. The van der Waals surface area contributed by atoms with E-state index in [9.17, 15) is 14.7 Å². The molecule has 0 aromatic heterocycles. The fourth-order valence-electron chi connectivity index (χ4n) is 3.75. The van der Waals surface area contributed by atoms with E-state index in [1.807, 2.05) is 42.3 Å². The maximum absolute atomic E-state index is 12.6. The van der Waals surface area contributed by atoms with Crippen LogP contribution in [0.3, 0.4) is 0 Å². The van der Waals surface area contributed by atoms with Gasteiger partial charge in [-0.25, -0.2) is 4.79 Å². The number of imide groups is 1. The second-order valence-electron chi connectivity index (χ2n) is 6.97. The normalized spacial score (nSPS) is 20.9. The summed E-state index contributed by atoms with van der Waals surface area (Å²) in [6, 6.07) is 9.62. The van der Waals surface area contributed by atoms with E-state index in [-0.39, 0.29) is 18.5 Å². The van der Waals surface area contributed by atoms with E-state index in [0.29, 0.717) is 25.9 Å². The molecule has 130 valence electrons. The number of aliphatic hydroxyl groups is 1. The van der Waals surface area contributed by atoms with Crippen molar-refractivity contribution in [2.24, 2.45) is 0 Å². The lowest BCUT2D eigenvalue weighted by atomic mass is 9.98. The number of aliphatic hydroxyl groups excluding tert-OH is 1. The number of urea groups is 1. The number of hydrogen-bond acceptors (Lipinski definition) is 4. The quantitative estimate of drug-likeness (QED) is 0.772. The zero-order valence-electron chi connectivity index (χ0n) is 14.1. The SMILES string of the molecule is CN(Cc1ccccc1)CC(O)CN1C(=O)NC2(CCCC2)C1=O. The molecule has 0 bridgehead atoms. The molecule has 1 atom stereocenters. The molecule has 2 fully saturated rings. The van der Waals surface area contributed by atoms with Crippen molar-refractivity contribution in [2.45, 2.75) is 43.9 Å². The van der Waals surface area contributed by atoms with Crippen LogP contribution in [0.15, 0.2) is 30.3 Å². The van der Waals surface area contributed by atoms with Gasteiger partial charge in [0.15, 0.2) is 0 Å². The van der Waals surface area contributed by atoms with Gasteiger partial charge in [-0.05, 0) is 25.5 Å². The van der Waals surface area contributed by atoms with Gasteiger partial charge >= 0.3 is 6.03 Å². The van der Waals surface area contributed by atoms with Gasteiger partial charge in [0, 0.05) is 13.1 Å². The number of nitrogens with one attached hydrogen (secondary N) is 1. The van der Waals surface area contributed by atoms with Gasteiger partial charge in [-0.15, -0.1) is 0 Å². The number of rotatable bonds is 6. The molecule has 1 saturated heterocycles. The molecule has 0 radical (unpaired) electrons. The molecule has 24 heavy (non-hydrogen) atoms. The van der Waals surface area contributed by atoms with Gasteiger partial charge in [-0.1, -0.05) is 43.2 Å². The Labute approximate surface area is 142 Å². The average Bonchev–Trinajstić information content (AvgIpc) is 3.09. The number of hydrogen-bond donors (Lipinski definition) is 2. The van der Waals surface area contributed by atoms with Crippen molar-refractivity contribution in [3.05, 3.63) is 35.9 Å². The molecule has 1 aliphatic heterocycles. The summed E-state index contributed by atoms with van der Waals surface area (Å²) in [5.74, 6) is -0.172. The number of carbonyl (C=O) groups is 2. The molecule has 6 nitrogen and oxygen atoms in total. The Hall–Kier alpha value is -1.92. The smallest absolute Gasteiger partial charge is 0.325 e. The second kappa shape index (κ2) is 6.91. The highest BCUT2D eigenvalue weighted by molar-refractivity contribution is 6.07. The van der Waals surface area contributed by atoms with Crippen molar-refractivity contribution in [1.82, 2.24) is 15.1 Å². The van der Waals surface area contributed by atoms with Gasteiger partial charge in [-0.2, -0.15) is 0 Å². The van der Waals surface area contributed by atoms with Gasteiger partial charge in [0.25, 0.3) is 5.91 Å². The summed E-state index contributed by atoms with van der Waals surface area (Å²) in [4.78, 5) is 27.9. The first-order valence-electron chi connectivity index (χ1n) is 8.55. The summed E-state index contributed by atoms with van der Waals surface area (Å²) < 4.78 is 0. The highest BCUT2D eigenvalue weighted by Crippen LogP contribution is 2.35. The third kappa shape index (κ3) is 3.44. The van der Waals surface area contributed by atoms with E-state index in [1.165, 1.54) is 4.90 Å². The largest absolute Gasteiger partial charge is 0.390 e. The van der Waals surface area contributed by atoms with Gasteiger partial charge in [-0.3, -0.25) is 14.6 Å². The minimum Gasteiger partial charge on any atom is -0.390 e. The van der Waals surface area contributed by atoms with E-state index in [1.54, 1.807) is 0 Å². The summed E-state index contributed by atoms with van der Waals surface area (Å²) in [6.07, 6.45) is 2.57. The van der Waals surface area contributed by atoms with Crippen molar-refractivity contribution < 1.29 is 14.7 Å². The van der Waals surface area contributed by atoms with E-state index in [0.717, 1.165) is 18.4 Å². The summed E-state index contributed by atoms with van der Waals surface area (Å²) in [7, 11) is 1.92. The van der Waals surface area contributed by atoms with Crippen LogP contribution in [0, 0.1) is 0 Å². The van der Waals surface area contributed by atoms with Crippen molar-refractivity contribution in [2.75, 3.05) is 20.1 Å². The molecule has 1 spiro atoms. The Balaban J connectivity index is 1.54. The first-order chi connectivity index (χ1) is 11.5. The molecular weight excluding hydrogens is 306 g/mol. The highest BCUT2D eigenvalue weighted by atomic mass is 16.3. The Morgan fingerprint density at radius 1 is 1.25 bits per heavy atom. The third-order valence-corrected chi connectivity index (χ3v) is 4.91. The zero-order valence-corrected chi connectivity index (χ0v) is 14.1. The Morgan fingerprint density at radius 2 is 1.92 bits per heavy atom. The van der Waals surface area contributed by atoms with Crippen LogP contribution in [0.2, 0.25) is 0 Å². The lowest BCUT2D eigenvalue weighted by Crippen LogP contribution is -2.45. The maximum Gasteiger partial charge on any atom is 0.325 e. The topological polar surface area (TPSA) is 72.9 Å². The molecule has 1 unspecified atom stereocenters. The average molecular weight is 331 g/mol. The lowest BCUT2D eigenvalue weighted by molar-refractivity contribution is -0.132. The zero-order chi connectivity index (χ0) is 17.2. The Kier molecular flexibility index (Phi) is 4.87. The van der Waals surface area contributed by atoms with Crippen LogP contribution < -0.4 is 5.32 Å². The van der Waals surface area contributed by atoms with E-state index >= 15 is 0 Å². The van der Waals surface area contributed by atoms with Crippen molar-refractivity contribution >= 4 is 11.9 Å². The molecule has 1 aromatic rings. The van der Waals surface area contributed by atoms with Crippen LogP contribution in [-0.2, 0) is 11.3 Å². The van der Waals surface area contributed by atoms with Crippen molar-refractivity contribution in [3.8, 4) is 0 Å². The van der Waals surface area contributed by atoms with E-state index in [4.69, 9.17) is 0 Å². The Morgan fingerprint density at radius 3 is 2.58 bits per heavy atom. The predicted molar refractivity (Wildman–Crippen MR) is 90.2 cm³/mol. The number of carbonyl (C=O) groups excluding carboxylic acids is 2. The first-order valence-corrected chi connectivity index (χ1v) is 8.55. The van der Waals surface area contributed by atoms with Gasteiger partial charge in [0.2, 0.25) is 0 Å². The van der Waals surface area contributed by atoms with Crippen LogP contribution >= 0.6 is 0 Å². The monoisotopic (exact) mass is 331 g/mol. The third-order valence-electron chi connectivity index (χ3n) is 4.91. The lowest BCUT2D eigenvalue weighted by Gasteiger charge is -2.24. The molecule has 2 aliphatic rings. The molecule has 6 heteroatoms. The summed E-state index contributed by atoms with van der Waals surface area (Å²) in [6.45, 7) is 1.16. The van der Waals surface area contributed by atoms with Gasteiger partial charge in [0.1, 0.15) is 5.54 Å². The minimum absolute atomic E-state index is 0.0472. The van der Waals surface area contributed by atoms with Crippen molar-refractivity contribution in [1.29, 1.82) is 0 Å². The molecule has 1 aromatic carbocycles. The number of amides is 3. The standard InChI is InChI=1S/C18H25N3O3/c1-20(11-14-7-3-2-4-8-14)12-15(22)13-21-16(23)18(19-17(21)24)9-5-6-10-18/h2-4,7-8,15,22H,5-6,9-13H2,1H3,(H,19,24). The fraction of sp³-hybridized carbons (Fsp3) is 0.556. The Bertz CT molecular complexity index is 599. The van der Waals surface area contributed by atoms with Crippen molar-refractivity contribution in [3.63, 3.8) is 0 Å². The van der Waals surface area contributed by atoms with Crippen LogP contribution in [0.5, 0.6) is 0 Å². The summed E-state index contributed by atoms with van der Waals surface area (Å²) >= 11 is 0. The molecular formula is C18H25N3O3. The van der Waals surface area contributed by atoms with Gasteiger partial charge < -0.3 is 10.4 Å². The minimum atomic E-state index is -0.759. The van der Waals surface area contributed by atoms with Crippen LogP contribution in [0.1, 0.15) is 31.2 Å². The first kappa shape index (κ1) is 16.9. The summed E-state index contributed by atoms with van der Waals surface area (Å²) in [5.41, 5.74) is 0.458. The highest BCUT2D eigenvalue weighted by Gasteiger charge is 2.52. The number of nitrogens with zero attached hydrogens (tertiary/aromatic N) is 2. The maximum atomic E-state index is 12.6. The fourth-order valence-corrected chi connectivity index (χ4v) is 3.75. The van der Waals surface area contributed by atoms with E-state index < -0.39 is 11.6 Å². The number of likely N-dealkylation sites (N-methyl/N-ethyl adjacent to an activating group) is 1. The van der Waals surface area contributed by atoms with Gasteiger partial charge in [0.05, 0.1) is 12.6 Å². The summed E-state index contributed by atoms with van der Waals surface area (Å²) in [5, 5.41) is 13.1. The molecule has 1 saturated carbocycles. The predicted octanol–water partition coefficient (Wildman–Crippen LogP) is 1.34.